The van der Waals surface area contributed by atoms with Crippen LogP contribution in [0.2, 0.25) is 0 Å². The van der Waals surface area contributed by atoms with Gasteiger partial charge in [0.1, 0.15) is 0 Å². The molecule has 0 saturated heterocycles. The first-order valence-corrected chi connectivity index (χ1v) is 6.79. The third-order valence-electron chi connectivity index (χ3n) is 3.58. The molecule has 3 rings (SSSR count). The normalized spacial score (nSPS) is 14.2. The van der Waals surface area contributed by atoms with Crippen LogP contribution in [0.4, 0.5) is 0 Å². The fourth-order valence-corrected chi connectivity index (χ4v) is 2.45. The van der Waals surface area contributed by atoms with E-state index in [9.17, 15) is 9.59 Å². The van der Waals surface area contributed by atoms with Crippen molar-refractivity contribution in [2.75, 3.05) is 0 Å². The molecule has 2 aromatic carbocycles. The summed E-state index contributed by atoms with van der Waals surface area (Å²) in [7, 11) is 0. The zero-order chi connectivity index (χ0) is 14.8. The average molecular weight is 274 g/mol. The van der Waals surface area contributed by atoms with Crippen molar-refractivity contribution >= 4 is 17.1 Å². The van der Waals surface area contributed by atoms with Crippen molar-refractivity contribution in [1.82, 2.24) is 0 Å². The Morgan fingerprint density at radius 2 is 1.57 bits per heavy atom. The first-order chi connectivity index (χ1) is 10.1. The highest BCUT2D eigenvalue weighted by Gasteiger charge is 2.16. The lowest BCUT2D eigenvalue weighted by molar-refractivity contribution is -0.113. The standard InChI is InChI=1S/C19H14O2/c1-13-7-8-15(18-12-16(20)9-10-19(18)21)11-17(13)14-5-3-2-4-6-14/h2-12H,1H3. The van der Waals surface area contributed by atoms with Gasteiger partial charge < -0.3 is 0 Å². The smallest absolute Gasteiger partial charge is 0.186 e. The Morgan fingerprint density at radius 1 is 0.810 bits per heavy atom. The number of rotatable bonds is 2. The average Bonchev–Trinajstić information content (AvgIpc) is 2.51. The molecule has 2 nitrogen and oxygen atoms in total. The zero-order valence-electron chi connectivity index (χ0n) is 11.7. The summed E-state index contributed by atoms with van der Waals surface area (Å²) in [6.07, 6.45) is 4.04. The lowest BCUT2D eigenvalue weighted by Gasteiger charge is -2.12. The lowest BCUT2D eigenvalue weighted by atomic mass is 9.91. The largest absolute Gasteiger partial charge is 0.290 e. The van der Waals surface area contributed by atoms with Crippen molar-refractivity contribution in [3.63, 3.8) is 0 Å². The number of hydrogen-bond acceptors (Lipinski definition) is 2. The summed E-state index contributed by atoms with van der Waals surface area (Å²) in [5, 5.41) is 0. The van der Waals surface area contributed by atoms with Crippen LogP contribution in [0.3, 0.4) is 0 Å². The summed E-state index contributed by atoms with van der Waals surface area (Å²) in [4.78, 5) is 23.5. The highest BCUT2D eigenvalue weighted by molar-refractivity contribution is 6.34. The monoisotopic (exact) mass is 274 g/mol. The summed E-state index contributed by atoms with van der Waals surface area (Å²) < 4.78 is 0. The Hall–Kier alpha value is -2.74. The summed E-state index contributed by atoms with van der Waals surface area (Å²) in [6, 6.07) is 15.9. The molecule has 1 aliphatic rings. The van der Waals surface area contributed by atoms with E-state index in [1.54, 1.807) is 0 Å². The molecular weight excluding hydrogens is 260 g/mol. The second kappa shape index (κ2) is 5.33. The maximum Gasteiger partial charge on any atom is 0.186 e. The second-order valence-electron chi connectivity index (χ2n) is 5.05. The summed E-state index contributed by atoms with van der Waals surface area (Å²) in [5.74, 6) is -0.274. The molecule has 0 atom stereocenters. The summed E-state index contributed by atoms with van der Waals surface area (Å²) >= 11 is 0. The fraction of sp³-hybridized carbons (Fsp3) is 0.0526. The Labute approximate surface area is 123 Å². The van der Waals surface area contributed by atoms with Crippen molar-refractivity contribution < 1.29 is 9.59 Å². The third kappa shape index (κ3) is 2.61. The van der Waals surface area contributed by atoms with Crippen LogP contribution in [-0.2, 0) is 9.59 Å². The molecule has 1 aliphatic carbocycles. The van der Waals surface area contributed by atoms with Crippen LogP contribution in [0, 0.1) is 6.92 Å². The van der Waals surface area contributed by atoms with E-state index < -0.39 is 0 Å². The van der Waals surface area contributed by atoms with Gasteiger partial charge in [0.2, 0.25) is 0 Å². The predicted molar refractivity (Wildman–Crippen MR) is 83.7 cm³/mol. The van der Waals surface area contributed by atoms with Crippen molar-refractivity contribution in [3.05, 3.63) is 77.9 Å². The van der Waals surface area contributed by atoms with Gasteiger partial charge in [-0.15, -0.1) is 0 Å². The van der Waals surface area contributed by atoms with E-state index in [0.29, 0.717) is 5.57 Å². The van der Waals surface area contributed by atoms with Gasteiger partial charge >= 0.3 is 0 Å². The molecule has 0 amide bonds. The first kappa shape index (κ1) is 13.3. The van der Waals surface area contributed by atoms with Gasteiger partial charge in [-0.3, -0.25) is 9.59 Å². The van der Waals surface area contributed by atoms with Crippen LogP contribution in [0.5, 0.6) is 0 Å². The van der Waals surface area contributed by atoms with Crippen molar-refractivity contribution in [3.8, 4) is 11.1 Å². The van der Waals surface area contributed by atoms with Crippen LogP contribution in [0.15, 0.2) is 66.8 Å². The maximum atomic E-state index is 12.0. The molecular formula is C19H14O2. The van der Waals surface area contributed by atoms with Gasteiger partial charge in [-0.2, -0.15) is 0 Å². The van der Waals surface area contributed by atoms with E-state index in [-0.39, 0.29) is 11.6 Å². The van der Waals surface area contributed by atoms with Gasteiger partial charge in [-0.1, -0.05) is 42.5 Å². The fourth-order valence-electron chi connectivity index (χ4n) is 2.45. The summed E-state index contributed by atoms with van der Waals surface area (Å²) in [5.41, 5.74) is 4.55. The van der Waals surface area contributed by atoms with Gasteiger partial charge in [0.15, 0.2) is 11.6 Å². The van der Waals surface area contributed by atoms with Crippen molar-refractivity contribution in [2.24, 2.45) is 0 Å². The van der Waals surface area contributed by atoms with Gasteiger partial charge in [0.25, 0.3) is 0 Å². The van der Waals surface area contributed by atoms with E-state index in [2.05, 4.69) is 0 Å². The molecule has 21 heavy (non-hydrogen) atoms. The van der Waals surface area contributed by atoms with Crippen LogP contribution in [-0.4, -0.2) is 11.6 Å². The zero-order valence-corrected chi connectivity index (χ0v) is 11.7. The quantitative estimate of drug-likeness (QED) is 0.781. The van der Waals surface area contributed by atoms with Gasteiger partial charge in [0.05, 0.1) is 0 Å². The minimum absolute atomic E-state index is 0.127. The Bertz CT molecular complexity index is 780. The van der Waals surface area contributed by atoms with E-state index in [4.69, 9.17) is 0 Å². The molecule has 0 bridgehead atoms. The second-order valence-corrected chi connectivity index (χ2v) is 5.05. The van der Waals surface area contributed by atoms with E-state index >= 15 is 0 Å². The lowest BCUT2D eigenvalue weighted by Crippen LogP contribution is -2.06. The number of carbonyl (C=O) groups excluding carboxylic acids is 2. The molecule has 102 valence electrons. The molecule has 0 heterocycles. The number of hydrogen-bond donors (Lipinski definition) is 0. The topological polar surface area (TPSA) is 34.1 Å². The third-order valence-corrected chi connectivity index (χ3v) is 3.58. The van der Waals surface area contributed by atoms with Crippen LogP contribution in [0.1, 0.15) is 11.1 Å². The molecule has 0 saturated carbocycles. The molecule has 0 N–H and O–H groups in total. The number of ketones is 2. The van der Waals surface area contributed by atoms with E-state index in [1.807, 2.05) is 55.5 Å². The SMILES string of the molecule is Cc1ccc(C2=CC(=O)C=CC2=O)cc1-c1ccccc1. The minimum Gasteiger partial charge on any atom is -0.290 e. The van der Waals surface area contributed by atoms with Crippen molar-refractivity contribution in [2.45, 2.75) is 6.92 Å². The molecule has 0 spiro atoms. The molecule has 0 unspecified atom stereocenters. The van der Waals surface area contributed by atoms with Gasteiger partial charge in [-0.05, 0) is 53.5 Å². The molecule has 0 radical (unpaired) electrons. The first-order valence-electron chi connectivity index (χ1n) is 6.79. The van der Waals surface area contributed by atoms with Crippen LogP contribution in [0.25, 0.3) is 16.7 Å². The number of allylic oxidation sites excluding steroid dienone is 4. The van der Waals surface area contributed by atoms with Crippen LogP contribution < -0.4 is 0 Å². The number of benzene rings is 2. The maximum absolute atomic E-state index is 12.0. The molecule has 0 fully saturated rings. The van der Waals surface area contributed by atoms with Crippen molar-refractivity contribution in [1.29, 1.82) is 0 Å². The van der Waals surface area contributed by atoms with Gasteiger partial charge in [0, 0.05) is 5.57 Å². The molecule has 0 aromatic heterocycles. The molecule has 2 aromatic rings. The highest BCUT2D eigenvalue weighted by atomic mass is 16.1. The predicted octanol–water partition coefficient (Wildman–Crippen LogP) is 3.75. The highest BCUT2D eigenvalue weighted by Crippen LogP contribution is 2.28. The number of aryl methyl sites for hydroxylation is 1. The van der Waals surface area contributed by atoms with Gasteiger partial charge in [-0.25, -0.2) is 0 Å². The van der Waals surface area contributed by atoms with E-state index in [0.717, 1.165) is 22.3 Å². The van der Waals surface area contributed by atoms with E-state index in [1.165, 1.54) is 18.2 Å². The molecule has 2 heteroatoms. The Balaban J connectivity index is 2.11. The number of carbonyl (C=O) groups is 2. The molecule has 0 aliphatic heterocycles. The summed E-state index contributed by atoms with van der Waals surface area (Å²) in [6.45, 7) is 2.04. The minimum atomic E-state index is -0.147. The Morgan fingerprint density at radius 3 is 2.33 bits per heavy atom. The van der Waals surface area contributed by atoms with Crippen LogP contribution >= 0.6 is 0 Å². The Kier molecular flexibility index (Phi) is 3.36.